The molecule has 0 spiro atoms. The summed E-state index contributed by atoms with van der Waals surface area (Å²) in [6.45, 7) is 1.95. The summed E-state index contributed by atoms with van der Waals surface area (Å²) in [4.78, 5) is 29.6. The van der Waals surface area contributed by atoms with Crippen molar-refractivity contribution in [3.63, 3.8) is 0 Å². The van der Waals surface area contributed by atoms with Crippen LogP contribution in [0.1, 0.15) is 27.4 Å². The van der Waals surface area contributed by atoms with Gasteiger partial charge in [0.05, 0.1) is 12.0 Å². The van der Waals surface area contributed by atoms with Gasteiger partial charge in [-0.15, -0.1) is 11.3 Å². The van der Waals surface area contributed by atoms with E-state index in [4.69, 9.17) is 4.84 Å². The molecule has 88 valence electrons. The Morgan fingerprint density at radius 1 is 1.38 bits per heavy atom. The van der Waals surface area contributed by atoms with E-state index in [0.717, 1.165) is 9.94 Å². The molecule has 0 saturated heterocycles. The second kappa shape index (κ2) is 5.77. The van der Waals surface area contributed by atoms with Gasteiger partial charge in [-0.1, -0.05) is 0 Å². The smallest absolute Gasteiger partial charge is 0.246 e. The average Bonchev–Trinajstić information content (AvgIpc) is 2.71. The van der Waals surface area contributed by atoms with Gasteiger partial charge in [0.15, 0.2) is 5.78 Å². The van der Waals surface area contributed by atoms with Crippen molar-refractivity contribution in [2.24, 2.45) is 0 Å². The second-order valence-electron chi connectivity index (χ2n) is 3.41. The molecular formula is C11H15NO3S. The number of hydrogen-bond donors (Lipinski definition) is 0. The lowest BCUT2D eigenvalue weighted by Gasteiger charge is -2.12. The molecule has 0 atom stereocenters. The molecule has 5 heteroatoms. The Labute approximate surface area is 98.8 Å². The van der Waals surface area contributed by atoms with E-state index in [9.17, 15) is 9.59 Å². The molecule has 1 amide bonds. The average molecular weight is 241 g/mol. The quantitative estimate of drug-likeness (QED) is 0.585. The molecule has 0 radical (unpaired) electrons. The van der Waals surface area contributed by atoms with Crippen molar-refractivity contribution in [1.29, 1.82) is 0 Å². The van der Waals surface area contributed by atoms with Crippen molar-refractivity contribution >= 4 is 23.0 Å². The number of amides is 1. The fourth-order valence-corrected chi connectivity index (χ4v) is 2.02. The Morgan fingerprint density at radius 2 is 2.06 bits per heavy atom. The van der Waals surface area contributed by atoms with E-state index in [-0.39, 0.29) is 24.5 Å². The van der Waals surface area contributed by atoms with Crippen LogP contribution in [0.25, 0.3) is 0 Å². The highest BCUT2D eigenvalue weighted by molar-refractivity contribution is 7.14. The van der Waals surface area contributed by atoms with Crippen molar-refractivity contribution in [1.82, 2.24) is 5.06 Å². The van der Waals surface area contributed by atoms with Gasteiger partial charge in [0.2, 0.25) is 5.91 Å². The Bertz CT molecular complexity index is 386. The summed E-state index contributed by atoms with van der Waals surface area (Å²) < 4.78 is 0. The first-order valence-electron chi connectivity index (χ1n) is 4.95. The van der Waals surface area contributed by atoms with Gasteiger partial charge < -0.3 is 0 Å². The van der Waals surface area contributed by atoms with Crippen molar-refractivity contribution < 1.29 is 14.4 Å². The maximum absolute atomic E-state index is 11.7. The summed E-state index contributed by atoms with van der Waals surface area (Å²) >= 11 is 1.46. The standard InChI is InChI=1S/C11H15NO3S/c1-8-4-6-10(16-8)9(13)5-7-11(14)12(2)15-3/h4,6H,5,7H2,1-3H3. The van der Waals surface area contributed by atoms with Crippen LogP contribution in [0.3, 0.4) is 0 Å². The lowest BCUT2D eigenvalue weighted by atomic mass is 10.2. The predicted molar refractivity (Wildman–Crippen MR) is 62.4 cm³/mol. The maximum atomic E-state index is 11.7. The van der Waals surface area contributed by atoms with E-state index >= 15 is 0 Å². The monoisotopic (exact) mass is 241 g/mol. The highest BCUT2D eigenvalue weighted by atomic mass is 32.1. The molecule has 0 unspecified atom stereocenters. The maximum Gasteiger partial charge on any atom is 0.246 e. The van der Waals surface area contributed by atoms with Gasteiger partial charge in [0, 0.05) is 24.8 Å². The lowest BCUT2D eigenvalue weighted by molar-refractivity contribution is -0.168. The second-order valence-corrected chi connectivity index (χ2v) is 4.70. The summed E-state index contributed by atoms with van der Waals surface area (Å²) in [6, 6.07) is 3.70. The molecule has 4 nitrogen and oxygen atoms in total. The van der Waals surface area contributed by atoms with Crippen LogP contribution < -0.4 is 0 Å². The molecule has 0 aliphatic heterocycles. The number of ketones is 1. The van der Waals surface area contributed by atoms with Gasteiger partial charge in [0.1, 0.15) is 0 Å². The third-order valence-electron chi connectivity index (χ3n) is 2.21. The van der Waals surface area contributed by atoms with Crippen LogP contribution in [0.15, 0.2) is 12.1 Å². The summed E-state index contributed by atoms with van der Waals surface area (Å²) in [5.74, 6) is -0.180. The Morgan fingerprint density at radius 3 is 2.56 bits per heavy atom. The summed E-state index contributed by atoms with van der Waals surface area (Å²) in [5.41, 5.74) is 0. The predicted octanol–water partition coefficient (Wildman–Crippen LogP) is 2.04. The van der Waals surface area contributed by atoms with Gasteiger partial charge in [-0.05, 0) is 19.1 Å². The normalized spacial score (nSPS) is 10.2. The molecule has 1 aromatic heterocycles. The van der Waals surface area contributed by atoms with E-state index in [2.05, 4.69) is 0 Å². The van der Waals surface area contributed by atoms with Gasteiger partial charge in [-0.3, -0.25) is 14.4 Å². The molecule has 0 aromatic carbocycles. The number of carbonyl (C=O) groups is 2. The van der Waals surface area contributed by atoms with Crippen molar-refractivity contribution in [3.8, 4) is 0 Å². The first kappa shape index (κ1) is 12.9. The number of hydrogen-bond acceptors (Lipinski definition) is 4. The van der Waals surface area contributed by atoms with Crippen LogP contribution >= 0.6 is 11.3 Å². The van der Waals surface area contributed by atoms with E-state index in [1.807, 2.05) is 13.0 Å². The minimum absolute atomic E-state index is 0.0101. The van der Waals surface area contributed by atoms with Crippen LogP contribution in [0.5, 0.6) is 0 Å². The highest BCUT2D eigenvalue weighted by Crippen LogP contribution is 2.17. The van der Waals surface area contributed by atoms with Crippen molar-refractivity contribution in [2.75, 3.05) is 14.2 Å². The molecule has 0 fully saturated rings. The van der Waals surface area contributed by atoms with E-state index in [1.165, 1.54) is 25.5 Å². The molecular weight excluding hydrogens is 226 g/mol. The molecule has 0 aliphatic rings. The SMILES string of the molecule is CON(C)C(=O)CCC(=O)c1ccc(C)s1. The summed E-state index contributed by atoms with van der Waals surface area (Å²) in [6.07, 6.45) is 0.409. The Hall–Kier alpha value is -1.20. The van der Waals surface area contributed by atoms with Crippen molar-refractivity contribution in [3.05, 3.63) is 21.9 Å². The zero-order chi connectivity index (χ0) is 12.1. The highest BCUT2D eigenvalue weighted by Gasteiger charge is 2.13. The number of aryl methyl sites for hydroxylation is 1. The molecule has 16 heavy (non-hydrogen) atoms. The number of rotatable bonds is 5. The van der Waals surface area contributed by atoms with Gasteiger partial charge in [-0.25, -0.2) is 5.06 Å². The molecule has 1 aromatic rings. The number of Topliss-reactive ketones (excluding diaryl/α,β-unsaturated/α-hetero) is 1. The molecule has 1 rings (SSSR count). The molecule has 0 bridgehead atoms. The van der Waals surface area contributed by atoms with E-state index in [0.29, 0.717) is 4.88 Å². The lowest BCUT2D eigenvalue weighted by Crippen LogP contribution is -2.25. The van der Waals surface area contributed by atoms with Crippen LogP contribution in [-0.4, -0.2) is 30.9 Å². The third kappa shape index (κ3) is 3.43. The minimum Gasteiger partial charge on any atom is -0.293 e. The molecule has 0 saturated carbocycles. The molecule has 0 N–H and O–H groups in total. The fourth-order valence-electron chi connectivity index (χ4n) is 1.19. The van der Waals surface area contributed by atoms with Gasteiger partial charge in [0.25, 0.3) is 0 Å². The van der Waals surface area contributed by atoms with E-state index in [1.54, 1.807) is 6.07 Å². The topological polar surface area (TPSA) is 46.6 Å². The molecule has 0 aliphatic carbocycles. The first-order valence-corrected chi connectivity index (χ1v) is 5.76. The Kier molecular flexibility index (Phi) is 4.64. The summed E-state index contributed by atoms with van der Waals surface area (Å²) in [7, 11) is 2.95. The zero-order valence-electron chi connectivity index (χ0n) is 9.65. The number of nitrogens with zero attached hydrogens (tertiary/aromatic N) is 1. The number of hydroxylamine groups is 2. The van der Waals surface area contributed by atoms with Crippen LogP contribution in [0.2, 0.25) is 0 Å². The van der Waals surface area contributed by atoms with Crippen LogP contribution in [0.4, 0.5) is 0 Å². The molecule has 1 heterocycles. The van der Waals surface area contributed by atoms with Gasteiger partial charge in [-0.2, -0.15) is 0 Å². The Balaban J connectivity index is 2.44. The third-order valence-corrected chi connectivity index (χ3v) is 3.25. The largest absolute Gasteiger partial charge is 0.293 e. The number of carbonyl (C=O) groups excluding carboxylic acids is 2. The van der Waals surface area contributed by atoms with Crippen molar-refractivity contribution in [2.45, 2.75) is 19.8 Å². The number of thiophene rings is 1. The zero-order valence-corrected chi connectivity index (χ0v) is 10.5. The van der Waals surface area contributed by atoms with Crippen LogP contribution in [0, 0.1) is 6.92 Å². The first-order chi connectivity index (χ1) is 7.54. The van der Waals surface area contributed by atoms with E-state index < -0.39 is 0 Å². The van der Waals surface area contributed by atoms with Crippen LogP contribution in [-0.2, 0) is 9.63 Å². The fraction of sp³-hybridized carbons (Fsp3) is 0.455. The summed E-state index contributed by atoms with van der Waals surface area (Å²) in [5, 5.41) is 1.13. The van der Waals surface area contributed by atoms with Gasteiger partial charge >= 0.3 is 0 Å². The minimum atomic E-state index is -0.191.